The lowest BCUT2D eigenvalue weighted by Crippen LogP contribution is -2.32. The van der Waals surface area contributed by atoms with Gasteiger partial charge in [-0.05, 0) is 6.92 Å². The van der Waals surface area contributed by atoms with E-state index in [0.717, 1.165) is 0 Å². The SMILES string of the molecule is COCC(C)(Br)C(=O)O. The van der Waals surface area contributed by atoms with Crippen molar-refractivity contribution in [3.8, 4) is 0 Å². The fourth-order valence-corrected chi connectivity index (χ4v) is 0.562. The Labute approximate surface area is 62.1 Å². The molecule has 0 aliphatic rings. The zero-order chi connectivity index (χ0) is 7.49. The summed E-state index contributed by atoms with van der Waals surface area (Å²) in [6.07, 6.45) is 0. The number of methoxy groups -OCH3 is 1. The molecule has 0 rings (SSSR count). The number of ether oxygens (including phenoxy) is 1. The number of halogens is 1. The van der Waals surface area contributed by atoms with Crippen LogP contribution < -0.4 is 0 Å². The molecular formula is C5H9BrO3. The van der Waals surface area contributed by atoms with E-state index in [1.54, 1.807) is 6.92 Å². The van der Waals surface area contributed by atoms with Gasteiger partial charge in [-0.2, -0.15) is 0 Å². The maximum Gasteiger partial charge on any atom is 0.322 e. The number of alkyl halides is 1. The highest BCUT2D eigenvalue weighted by molar-refractivity contribution is 9.10. The van der Waals surface area contributed by atoms with E-state index >= 15 is 0 Å². The molecule has 0 saturated heterocycles. The molecule has 0 aliphatic carbocycles. The van der Waals surface area contributed by atoms with Crippen LogP contribution in [0.4, 0.5) is 0 Å². The monoisotopic (exact) mass is 196 g/mol. The highest BCUT2D eigenvalue weighted by Crippen LogP contribution is 2.16. The molecule has 54 valence electrons. The van der Waals surface area contributed by atoms with E-state index in [1.807, 2.05) is 0 Å². The lowest BCUT2D eigenvalue weighted by Gasteiger charge is -2.14. The molecule has 0 aliphatic heterocycles. The van der Waals surface area contributed by atoms with Crippen LogP contribution >= 0.6 is 15.9 Å². The Bertz CT molecular complexity index is 111. The van der Waals surface area contributed by atoms with Crippen LogP contribution in [0.5, 0.6) is 0 Å². The molecular weight excluding hydrogens is 188 g/mol. The Balaban J connectivity index is 3.85. The van der Waals surface area contributed by atoms with E-state index in [-0.39, 0.29) is 6.61 Å². The minimum absolute atomic E-state index is 0.169. The average Bonchev–Trinajstić information content (AvgIpc) is 1.65. The third-order valence-electron chi connectivity index (χ3n) is 0.861. The van der Waals surface area contributed by atoms with Crippen molar-refractivity contribution in [1.29, 1.82) is 0 Å². The second-order valence-electron chi connectivity index (χ2n) is 1.94. The number of hydrogen-bond acceptors (Lipinski definition) is 2. The van der Waals surface area contributed by atoms with Gasteiger partial charge in [-0.25, -0.2) is 0 Å². The van der Waals surface area contributed by atoms with Crippen LogP contribution in [-0.2, 0) is 9.53 Å². The van der Waals surface area contributed by atoms with Crippen LogP contribution in [0.25, 0.3) is 0 Å². The minimum atomic E-state index is -0.943. The van der Waals surface area contributed by atoms with Gasteiger partial charge < -0.3 is 9.84 Å². The molecule has 0 aromatic carbocycles. The Hall–Kier alpha value is -0.0900. The molecule has 1 N–H and O–H groups in total. The van der Waals surface area contributed by atoms with Gasteiger partial charge in [-0.3, -0.25) is 4.79 Å². The molecule has 0 radical (unpaired) electrons. The molecule has 1 unspecified atom stereocenters. The standard InChI is InChI=1S/C5H9BrO3/c1-5(6,3-9-2)4(7)8/h3H2,1-2H3,(H,7,8). The van der Waals surface area contributed by atoms with Crippen LogP contribution in [0.15, 0.2) is 0 Å². The summed E-state index contributed by atoms with van der Waals surface area (Å²) in [6.45, 7) is 1.71. The summed E-state index contributed by atoms with van der Waals surface area (Å²) in [6, 6.07) is 0. The average molecular weight is 197 g/mol. The van der Waals surface area contributed by atoms with Crippen LogP contribution in [-0.4, -0.2) is 29.1 Å². The van der Waals surface area contributed by atoms with Crippen molar-refractivity contribution < 1.29 is 14.6 Å². The molecule has 0 amide bonds. The zero-order valence-corrected chi connectivity index (χ0v) is 6.93. The lowest BCUT2D eigenvalue weighted by atomic mass is 10.2. The van der Waals surface area contributed by atoms with Gasteiger partial charge >= 0.3 is 5.97 Å². The van der Waals surface area contributed by atoms with Crippen LogP contribution in [0.3, 0.4) is 0 Å². The summed E-state index contributed by atoms with van der Waals surface area (Å²) in [5.74, 6) is -0.913. The van der Waals surface area contributed by atoms with E-state index in [2.05, 4.69) is 20.7 Å². The van der Waals surface area contributed by atoms with Crippen LogP contribution in [0.1, 0.15) is 6.92 Å². The van der Waals surface area contributed by atoms with Crippen molar-refractivity contribution in [2.75, 3.05) is 13.7 Å². The summed E-state index contributed by atoms with van der Waals surface area (Å²) in [5.41, 5.74) is 0. The predicted octanol–water partition coefficient (Wildman–Crippen LogP) is 0.871. The van der Waals surface area contributed by atoms with Crippen molar-refractivity contribution in [3.63, 3.8) is 0 Å². The predicted molar refractivity (Wildman–Crippen MR) is 36.8 cm³/mol. The molecule has 9 heavy (non-hydrogen) atoms. The van der Waals surface area contributed by atoms with Crippen molar-refractivity contribution in [3.05, 3.63) is 0 Å². The normalized spacial score (nSPS) is 16.8. The molecule has 4 heteroatoms. The Morgan fingerprint density at radius 1 is 1.89 bits per heavy atom. The van der Waals surface area contributed by atoms with E-state index in [4.69, 9.17) is 5.11 Å². The van der Waals surface area contributed by atoms with E-state index in [1.165, 1.54) is 7.11 Å². The fraction of sp³-hybridized carbons (Fsp3) is 0.800. The molecule has 0 aromatic heterocycles. The van der Waals surface area contributed by atoms with Crippen molar-refractivity contribution in [2.45, 2.75) is 11.2 Å². The van der Waals surface area contributed by atoms with Gasteiger partial charge in [0.05, 0.1) is 6.61 Å². The lowest BCUT2D eigenvalue weighted by molar-refractivity contribution is -0.140. The summed E-state index contributed by atoms with van der Waals surface area (Å²) >= 11 is 2.98. The first-order valence-corrected chi connectivity index (χ1v) is 3.21. The number of carboxylic acid groups (broad SMARTS) is 1. The van der Waals surface area contributed by atoms with Crippen LogP contribution in [0.2, 0.25) is 0 Å². The van der Waals surface area contributed by atoms with Crippen molar-refractivity contribution in [1.82, 2.24) is 0 Å². The molecule has 1 atom stereocenters. The Morgan fingerprint density at radius 3 is 2.44 bits per heavy atom. The number of carbonyl (C=O) groups is 1. The number of rotatable bonds is 3. The number of aliphatic carboxylic acids is 1. The van der Waals surface area contributed by atoms with Gasteiger partial charge in [-0.1, -0.05) is 15.9 Å². The molecule has 0 saturated carbocycles. The molecule has 0 fully saturated rings. The first-order chi connectivity index (χ1) is 4.00. The van der Waals surface area contributed by atoms with Gasteiger partial charge in [0.25, 0.3) is 0 Å². The molecule has 3 nitrogen and oxygen atoms in total. The zero-order valence-electron chi connectivity index (χ0n) is 5.35. The summed E-state index contributed by atoms with van der Waals surface area (Å²) < 4.78 is 3.70. The second-order valence-corrected chi connectivity index (χ2v) is 3.69. The highest BCUT2D eigenvalue weighted by Gasteiger charge is 2.29. The Kier molecular flexibility index (Phi) is 3.14. The summed E-state index contributed by atoms with van der Waals surface area (Å²) in [5, 5.41) is 8.45. The van der Waals surface area contributed by atoms with Gasteiger partial charge in [0.2, 0.25) is 0 Å². The second kappa shape index (κ2) is 3.17. The van der Waals surface area contributed by atoms with Gasteiger partial charge in [0.1, 0.15) is 4.32 Å². The summed E-state index contributed by atoms with van der Waals surface area (Å²) in [7, 11) is 1.46. The smallest absolute Gasteiger partial charge is 0.322 e. The van der Waals surface area contributed by atoms with Crippen molar-refractivity contribution in [2.24, 2.45) is 0 Å². The quantitative estimate of drug-likeness (QED) is 0.682. The minimum Gasteiger partial charge on any atom is -0.480 e. The topological polar surface area (TPSA) is 46.5 Å². The van der Waals surface area contributed by atoms with Crippen LogP contribution in [0, 0.1) is 0 Å². The molecule has 0 spiro atoms. The molecule has 0 bridgehead atoms. The maximum atomic E-state index is 10.3. The Morgan fingerprint density at radius 2 is 2.33 bits per heavy atom. The third-order valence-corrected chi connectivity index (χ3v) is 1.43. The van der Waals surface area contributed by atoms with Gasteiger partial charge in [0.15, 0.2) is 0 Å². The largest absolute Gasteiger partial charge is 0.480 e. The van der Waals surface area contributed by atoms with E-state index in [0.29, 0.717) is 0 Å². The first kappa shape index (κ1) is 8.91. The maximum absolute atomic E-state index is 10.3. The number of hydrogen-bond donors (Lipinski definition) is 1. The van der Waals surface area contributed by atoms with Gasteiger partial charge in [0, 0.05) is 7.11 Å². The van der Waals surface area contributed by atoms with Gasteiger partial charge in [-0.15, -0.1) is 0 Å². The van der Waals surface area contributed by atoms with E-state index in [9.17, 15) is 4.79 Å². The summed E-state index contributed by atoms with van der Waals surface area (Å²) in [4.78, 5) is 10.3. The highest BCUT2D eigenvalue weighted by atomic mass is 79.9. The molecule has 0 aromatic rings. The number of carboxylic acids is 1. The fourth-order valence-electron chi connectivity index (χ4n) is 0.333. The van der Waals surface area contributed by atoms with Crippen molar-refractivity contribution >= 4 is 21.9 Å². The molecule has 0 heterocycles. The first-order valence-electron chi connectivity index (χ1n) is 2.42. The third kappa shape index (κ3) is 2.81. The van der Waals surface area contributed by atoms with E-state index < -0.39 is 10.3 Å².